The van der Waals surface area contributed by atoms with Gasteiger partial charge in [-0.05, 0) is 38.5 Å². The van der Waals surface area contributed by atoms with Crippen molar-refractivity contribution in [3.05, 3.63) is 0 Å². The summed E-state index contributed by atoms with van der Waals surface area (Å²) in [5.74, 6) is -8.26. The fourth-order valence-electron chi connectivity index (χ4n) is 1.17. The zero-order valence-electron chi connectivity index (χ0n) is 16.2. The molecular weight excluding hydrogens is 808 g/mol. The SMILES string of the molecule is N[C@@H](CCC(=O)[O-])C(=O)[O-].N[C@@H](CCC(=O)[O-])C(=O)[O-].N[C@@H](CCC(=O)[O-])C(=O)[O-].[Au+3].[Au+3]. The normalized spacial score (nSPS) is 11.7. The molecule has 0 aliphatic carbocycles. The van der Waals surface area contributed by atoms with Gasteiger partial charge < -0.3 is 76.6 Å². The molecule has 0 heterocycles. The topological polar surface area (TPSA) is 319 Å². The largest absolute Gasteiger partial charge is 3.00 e. The van der Waals surface area contributed by atoms with Crippen molar-refractivity contribution in [2.45, 2.75) is 56.7 Å². The van der Waals surface area contributed by atoms with Crippen molar-refractivity contribution >= 4 is 35.8 Å². The summed E-state index contributed by atoms with van der Waals surface area (Å²) < 4.78 is 0. The van der Waals surface area contributed by atoms with E-state index in [-0.39, 0.29) is 83.3 Å². The van der Waals surface area contributed by atoms with E-state index in [4.69, 9.17) is 17.2 Å². The summed E-state index contributed by atoms with van der Waals surface area (Å²) in [6.07, 6.45) is -1.50. The van der Waals surface area contributed by atoms with Crippen LogP contribution in [0.15, 0.2) is 0 Å². The third-order valence-electron chi connectivity index (χ3n) is 2.89. The summed E-state index contributed by atoms with van der Waals surface area (Å²) >= 11 is 0. The molecule has 0 saturated heterocycles. The van der Waals surface area contributed by atoms with Crippen LogP contribution in [0, 0.1) is 0 Å². The number of carbonyl (C=O) groups is 6. The Kier molecular flexibility index (Phi) is 30.2. The molecule has 0 aromatic carbocycles. The fourth-order valence-corrected chi connectivity index (χ4v) is 1.17. The zero-order valence-corrected chi connectivity index (χ0v) is 20.5. The molecule has 0 radical (unpaired) electrons. The fraction of sp³-hybridized carbons (Fsp3) is 0.600. The summed E-state index contributed by atoms with van der Waals surface area (Å²) in [4.78, 5) is 58.8. The van der Waals surface area contributed by atoms with Crippen LogP contribution in [0.4, 0.5) is 0 Å². The van der Waals surface area contributed by atoms with Crippen molar-refractivity contribution in [2.24, 2.45) is 17.2 Å². The van der Waals surface area contributed by atoms with Gasteiger partial charge in [0.25, 0.3) is 0 Å². The molecule has 0 saturated carbocycles. The van der Waals surface area contributed by atoms with Crippen LogP contribution >= 0.6 is 0 Å². The van der Waals surface area contributed by atoms with Gasteiger partial charge in [0.05, 0.1) is 17.9 Å². The molecule has 17 heteroatoms. The van der Waals surface area contributed by atoms with E-state index in [2.05, 4.69) is 0 Å². The van der Waals surface area contributed by atoms with Crippen molar-refractivity contribution in [2.75, 3.05) is 0 Å². The summed E-state index contributed by atoms with van der Waals surface area (Å²) in [6, 6.07) is -3.63. The second-order valence-electron chi connectivity index (χ2n) is 5.51. The number of rotatable bonds is 12. The molecule has 0 spiro atoms. The van der Waals surface area contributed by atoms with Crippen molar-refractivity contribution in [1.29, 1.82) is 0 Å². The van der Waals surface area contributed by atoms with Crippen LogP contribution in [0.3, 0.4) is 0 Å². The molecule has 0 aromatic heterocycles. The molecule has 0 aromatic rings. The minimum absolute atomic E-state index is 0. The Balaban J connectivity index is -0.000000110. The average molecular weight is 829 g/mol. The van der Waals surface area contributed by atoms with E-state index in [0.29, 0.717) is 0 Å². The number of carbonyl (C=O) groups excluding carboxylic acids is 6. The summed E-state index contributed by atoms with van der Waals surface area (Å²) in [7, 11) is 0. The Labute approximate surface area is 213 Å². The van der Waals surface area contributed by atoms with E-state index in [1.165, 1.54) is 0 Å². The van der Waals surface area contributed by atoms with Crippen molar-refractivity contribution in [3.63, 3.8) is 0 Å². The van der Waals surface area contributed by atoms with Crippen LogP contribution in [0.5, 0.6) is 0 Å². The second kappa shape index (κ2) is 23.8. The number of aliphatic carboxylic acids is 6. The number of hydrogen-bond donors (Lipinski definition) is 3. The molecule has 32 heavy (non-hydrogen) atoms. The maximum absolute atomic E-state index is 9.86. The quantitative estimate of drug-likeness (QED) is 0.154. The summed E-state index contributed by atoms with van der Waals surface area (Å²) in [5, 5.41) is 58.8. The second-order valence-corrected chi connectivity index (χ2v) is 5.51. The first-order valence-electron chi connectivity index (χ1n) is 8.10. The van der Waals surface area contributed by atoms with Gasteiger partial charge in [-0.2, -0.15) is 0 Å². The van der Waals surface area contributed by atoms with Crippen molar-refractivity contribution in [3.8, 4) is 0 Å². The maximum atomic E-state index is 9.86. The molecule has 0 bridgehead atoms. The number of nitrogens with two attached hydrogens (primary N) is 3. The van der Waals surface area contributed by atoms with Crippen LogP contribution in [0.25, 0.3) is 0 Å². The van der Waals surface area contributed by atoms with Crippen LogP contribution in [0.2, 0.25) is 0 Å². The number of carboxylic acid groups (broad SMARTS) is 6. The summed E-state index contributed by atoms with van der Waals surface area (Å²) in [6.45, 7) is 0. The first kappa shape index (κ1) is 40.5. The first-order valence-corrected chi connectivity index (χ1v) is 8.10. The summed E-state index contributed by atoms with van der Waals surface area (Å²) in [5.41, 5.74) is 14.7. The molecule has 0 amide bonds. The molecular formula is C15H21Au2N3O12. The third-order valence-corrected chi connectivity index (χ3v) is 2.89. The van der Waals surface area contributed by atoms with E-state index in [0.717, 1.165) is 0 Å². The van der Waals surface area contributed by atoms with Gasteiger partial charge in [0, 0.05) is 36.0 Å². The Hall–Kier alpha value is -1.82. The van der Waals surface area contributed by atoms with E-state index < -0.39 is 53.9 Å². The van der Waals surface area contributed by atoms with Gasteiger partial charge in [-0.1, -0.05) is 0 Å². The maximum Gasteiger partial charge on any atom is 3.00 e. The third kappa shape index (κ3) is 32.8. The molecule has 0 aliphatic rings. The van der Waals surface area contributed by atoms with Gasteiger partial charge in [0.15, 0.2) is 0 Å². The molecule has 3 atom stereocenters. The Bertz CT molecular complexity index is 525. The van der Waals surface area contributed by atoms with Gasteiger partial charge in [0.2, 0.25) is 0 Å². The molecule has 0 fully saturated rings. The molecule has 6 N–H and O–H groups in total. The van der Waals surface area contributed by atoms with Gasteiger partial charge in [-0.25, -0.2) is 0 Å². The Morgan fingerprint density at radius 1 is 0.469 bits per heavy atom. The zero-order chi connectivity index (χ0) is 24.4. The van der Waals surface area contributed by atoms with E-state index in [1.54, 1.807) is 0 Å². The van der Waals surface area contributed by atoms with Gasteiger partial charge in [0.1, 0.15) is 0 Å². The van der Waals surface area contributed by atoms with Crippen LogP contribution in [-0.4, -0.2) is 53.9 Å². The van der Waals surface area contributed by atoms with Gasteiger partial charge >= 0.3 is 44.8 Å². The van der Waals surface area contributed by atoms with Gasteiger partial charge in [-0.15, -0.1) is 0 Å². The van der Waals surface area contributed by atoms with Crippen molar-refractivity contribution < 1.29 is 104 Å². The van der Waals surface area contributed by atoms with E-state index in [1.807, 2.05) is 0 Å². The molecule has 0 aliphatic heterocycles. The van der Waals surface area contributed by atoms with E-state index >= 15 is 0 Å². The Morgan fingerprint density at radius 3 is 0.719 bits per heavy atom. The Morgan fingerprint density at radius 2 is 0.625 bits per heavy atom. The standard InChI is InChI=1S/3C5H9NO4.2Au/c3*6-3(5(9)10)1-2-4(7)8;;/h3*3H,1-2,6H2,(H,7,8)(H,9,10);;/q;;;2*+3/p-6/t3*3-;;/m000../s1. The average Bonchev–Trinajstić information content (AvgIpc) is 2.62. The predicted molar refractivity (Wildman–Crippen MR) is 81.7 cm³/mol. The minimum atomic E-state index is -1.44. The van der Waals surface area contributed by atoms with Crippen LogP contribution < -0.4 is 47.8 Å². The molecule has 0 unspecified atom stereocenters. The van der Waals surface area contributed by atoms with Gasteiger partial charge in [-0.3, -0.25) is 0 Å². The number of carboxylic acids is 6. The van der Waals surface area contributed by atoms with Crippen molar-refractivity contribution in [1.82, 2.24) is 0 Å². The smallest absolute Gasteiger partial charge is 0.550 e. The predicted octanol–water partition coefficient (Wildman–Crippen LogP) is -10.2. The minimum Gasteiger partial charge on any atom is -0.550 e. The molecule has 0 rings (SSSR count). The van der Waals surface area contributed by atoms with Crippen LogP contribution in [-0.2, 0) is 73.5 Å². The monoisotopic (exact) mass is 829 g/mol. The first-order chi connectivity index (χ1) is 13.6. The molecule has 15 nitrogen and oxygen atoms in total. The van der Waals surface area contributed by atoms with E-state index in [9.17, 15) is 59.4 Å². The number of hydrogen-bond acceptors (Lipinski definition) is 15. The van der Waals surface area contributed by atoms with Crippen LogP contribution in [0.1, 0.15) is 38.5 Å². The molecule has 190 valence electrons.